The molecule has 4 nitrogen and oxygen atoms in total. The maximum absolute atomic E-state index is 12.2. The average Bonchev–Trinajstić information content (AvgIpc) is 2.28. The topological polar surface area (TPSA) is 56.1 Å². The first-order chi connectivity index (χ1) is 8.00. The van der Waals surface area contributed by atoms with Crippen molar-refractivity contribution < 1.29 is 4.79 Å². The van der Waals surface area contributed by atoms with Crippen LogP contribution in [0, 0.1) is 16.7 Å². The fourth-order valence-electron chi connectivity index (χ4n) is 2.50. The molecule has 0 saturated heterocycles. The Bertz CT molecular complexity index is 300. The van der Waals surface area contributed by atoms with E-state index in [-0.39, 0.29) is 11.9 Å². The number of rotatable bonds is 4. The Kier molecular flexibility index (Phi) is 4.95. The summed E-state index contributed by atoms with van der Waals surface area (Å²) in [5.74, 6) is -0.0750. The van der Waals surface area contributed by atoms with Crippen molar-refractivity contribution in [1.82, 2.24) is 10.2 Å². The molecule has 1 aliphatic carbocycles. The highest BCUT2D eigenvalue weighted by molar-refractivity contribution is 5.85. The van der Waals surface area contributed by atoms with Gasteiger partial charge in [0.2, 0.25) is 5.91 Å². The Labute approximate surface area is 104 Å². The zero-order valence-corrected chi connectivity index (χ0v) is 11.1. The quantitative estimate of drug-likeness (QED) is 0.806. The van der Waals surface area contributed by atoms with Gasteiger partial charge in [0, 0.05) is 12.6 Å². The highest BCUT2D eigenvalue weighted by atomic mass is 16.2. The van der Waals surface area contributed by atoms with Crippen molar-refractivity contribution in [2.24, 2.45) is 5.41 Å². The van der Waals surface area contributed by atoms with Crippen molar-refractivity contribution in [3.05, 3.63) is 0 Å². The van der Waals surface area contributed by atoms with Crippen molar-refractivity contribution in [2.45, 2.75) is 45.1 Å². The molecule has 1 atom stereocenters. The molecule has 17 heavy (non-hydrogen) atoms. The van der Waals surface area contributed by atoms with Crippen molar-refractivity contribution in [3.8, 4) is 6.07 Å². The number of hydrogen-bond donors (Lipinski definition) is 1. The van der Waals surface area contributed by atoms with Crippen LogP contribution in [0.3, 0.4) is 0 Å². The Hall–Kier alpha value is -1.08. The predicted octanol–water partition coefficient (Wildman–Crippen LogP) is 1.53. The van der Waals surface area contributed by atoms with Gasteiger partial charge in [0.15, 0.2) is 0 Å². The monoisotopic (exact) mass is 237 g/mol. The van der Waals surface area contributed by atoms with E-state index >= 15 is 0 Å². The summed E-state index contributed by atoms with van der Waals surface area (Å²) in [6, 6.07) is 2.34. The molecule has 1 N–H and O–H groups in total. The third-order valence-corrected chi connectivity index (χ3v) is 3.37. The summed E-state index contributed by atoms with van der Waals surface area (Å²) >= 11 is 0. The molecular formula is C13H23N3O. The minimum absolute atomic E-state index is 0.0750. The number of nitrogens with one attached hydrogen (secondary N) is 1. The smallest absolute Gasteiger partial charge is 0.240 e. The van der Waals surface area contributed by atoms with Crippen LogP contribution in [0.4, 0.5) is 0 Å². The number of carbonyl (C=O) groups is 1. The molecule has 1 unspecified atom stereocenters. The zero-order chi connectivity index (χ0) is 12.9. The minimum Gasteiger partial charge on any atom is -0.351 e. The van der Waals surface area contributed by atoms with Gasteiger partial charge in [-0.3, -0.25) is 4.79 Å². The van der Waals surface area contributed by atoms with E-state index in [2.05, 4.69) is 11.4 Å². The molecule has 1 saturated carbocycles. The lowest BCUT2D eigenvalue weighted by Gasteiger charge is -2.31. The largest absolute Gasteiger partial charge is 0.351 e. The van der Waals surface area contributed by atoms with E-state index in [0.29, 0.717) is 12.8 Å². The van der Waals surface area contributed by atoms with E-state index in [1.165, 1.54) is 0 Å². The number of nitriles is 1. The van der Waals surface area contributed by atoms with Gasteiger partial charge in [-0.25, -0.2) is 0 Å². The first-order valence-corrected chi connectivity index (χ1v) is 6.37. The zero-order valence-electron chi connectivity index (χ0n) is 11.1. The van der Waals surface area contributed by atoms with Gasteiger partial charge in [-0.05, 0) is 33.9 Å². The second-order valence-corrected chi connectivity index (χ2v) is 5.39. The molecule has 0 heterocycles. The molecule has 0 aromatic rings. The molecule has 0 aliphatic heterocycles. The van der Waals surface area contributed by atoms with Crippen LogP contribution in [0.1, 0.15) is 39.0 Å². The maximum atomic E-state index is 12.2. The first-order valence-electron chi connectivity index (χ1n) is 6.37. The van der Waals surface area contributed by atoms with E-state index < -0.39 is 5.41 Å². The molecule has 1 rings (SSSR count). The van der Waals surface area contributed by atoms with Gasteiger partial charge in [-0.1, -0.05) is 19.3 Å². The van der Waals surface area contributed by atoms with Gasteiger partial charge in [-0.2, -0.15) is 5.26 Å². The van der Waals surface area contributed by atoms with Crippen LogP contribution >= 0.6 is 0 Å². The molecule has 0 spiro atoms. The molecule has 1 fully saturated rings. The van der Waals surface area contributed by atoms with Crippen molar-refractivity contribution >= 4 is 5.91 Å². The van der Waals surface area contributed by atoms with Gasteiger partial charge in [0.05, 0.1) is 6.07 Å². The number of nitrogens with zero attached hydrogens (tertiary/aromatic N) is 2. The SMILES string of the molecule is CC(CN(C)C)NC(=O)C1(C#N)CCCCC1. The lowest BCUT2D eigenvalue weighted by molar-refractivity contribution is -0.130. The predicted molar refractivity (Wildman–Crippen MR) is 67.3 cm³/mol. The van der Waals surface area contributed by atoms with Gasteiger partial charge in [0.25, 0.3) is 0 Å². The second-order valence-electron chi connectivity index (χ2n) is 5.39. The summed E-state index contributed by atoms with van der Waals surface area (Å²) in [5, 5.41) is 12.3. The van der Waals surface area contributed by atoms with E-state index in [4.69, 9.17) is 0 Å². The fraction of sp³-hybridized carbons (Fsp3) is 0.846. The van der Waals surface area contributed by atoms with E-state index in [9.17, 15) is 10.1 Å². The van der Waals surface area contributed by atoms with Crippen molar-refractivity contribution in [3.63, 3.8) is 0 Å². The van der Waals surface area contributed by atoms with E-state index in [0.717, 1.165) is 25.8 Å². The molecule has 1 aliphatic rings. The van der Waals surface area contributed by atoms with Gasteiger partial charge in [-0.15, -0.1) is 0 Å². The summed E-state index contributed by atoms with van der Waals surface area (Å²) in [4.78, 5) is 14.2. The minimum atomic E-state index is -0.765. The summed E-state index contributed by atoms with van der Waals surface area (Å²) < 4.78 is 0. The number of likely N-dealkylation sites (N-methyl/N-ethyl adjacent to an activating group) is 1. The normalized spacial score (nSPS) is 20.6. The molecule has 0 bridgehead atoms. The standard InChI is InChI=1S/C13H23N3O/c1-11(9-16(2)3)15-12(17)13(10-14)7-5-4-6-8-13/h11H,4-9H2,1-3H3,(H,15,17). The molecule has 0 aromatic heterocycles. The fourth-order valence-corrected chi connectivity index (χ4v) is 2.50. The van der Waals surface area contributed by atoms with Gasteiger partial charge in [0.1, 0.15) is 5.41 Å². The van der Waals surface area contributed by atoms with Crippen LogP contribution in [-0.2, 0) is 4.79 Å². The lowest BCUT2D eigenvalue weighted by atomic mass is 9.74. The number of hydrogen-bond acceptors (Lipinski definition) is 3. The van der Waals surface area contributed by atoms with Crippen LogP contribution in [0.2, 0.25) is 0 Å². The van der Waals surface area contributed by atoms with Crippen LogP contribution in [-0.4, -0.2) is 37.5 Å². The van der Waals surface area contributed by atoms with Gasteiger partial charge >= 0.3 is 0 Å². The summed E-state index contributed by atoms with van der Waals surface area (Å²) in [5.41, 5.74) is -0.765. The third kappa shape index (κ3) is 3.71. The first kappa shape index (κ1) is 14.0. The Morgan fingerprint density at radius 3 is 2.47 bits per heavy atom. The molecule has 0 radical (unpaired) electrons. The van der Waals surface area contributed by atoms with E-state index in [1.54, 1.807) is 0 Å². The maximum Gasteiger partial charge on any atom is 0.240 e. The molecule has 4 heteroatoms. The van der Waals surface area contributed by atoms with Crippen LogP contribution < -0.4 is 5.32 Å². The Morgan fingerprint density at radius 2 is 2.00 bits per heavy atom. The summed E-state index contributed by atoms with van der Waals surface area (Å²) in [6.45, 7) is 2.78. The summed E-state index contributed by atoms with van der Waals surface area (Å²) in [7, 11) is 3.95. The number of carbonyl (C=O) groups excluding carboxylic acids is 1. The number of amides is 1. The van der Waals surface area contributed by atoms with Crippen molar-refractivity contribution in [1.29, 1.82) is 5.26 Å². The Morgan fingerprint density at radius 1 is 1.41 bits per heavy atom. The average molecular weight is 237 g/mol. The highest BCUT2D eigenvalue weighted by Crippen LogP contribution is 2.35. The third-order valence-electron chi connectivity index (χ3n) is 3.37. The summed E-state index contributed by atoms with van der Waals surface area (Å²) in [6.07, 6.45) is 4.55. The van der Waals surface area contributed by atoms with Crippen LogP contribution in [0.15, 0.2) is 0 Å². The van der Waals surface area contributed by atoms with Crippen LogP contribution in [0.5, 0.6) is 0 Å². The molecule has 96 valence electrons. The Balaban J connectivity index is 2.58. The molecular weight excluding hydrogens is 214 g/mol. The molecule has 0 aromatic carbocycles. The van der Waals surface area contributed by atoms with Gasteiger partial charge < -0.3 is 10.2 Å². The van der Waals surface area contributed by atoms with E-state index in [1.807, 2.05) is 25.9 Å². The second kappa shape index (κ2) is 6.02. The highest BCUT2D eigenvalue weighted by Gasteiger charge is 2.40. The molecule has 1 amide bonds. The lowest BCUT2D eigenvalue weighted by Crippen LogP contribution is -2.47. The van der Waals surface area contributed by atoms with Crippen LogP contribution in [0.25, 0.3) is 0 Å². The van der Waals surface area contributed by atoms with Crippen molar-refractivity contribution in [2.75, 3.05) is 20.6 Å².